The van der Waals surface area contributed by atoms with Gasteiger partial charge in [0, 0.05) is 19.3 Å². The van der Waals surface area contributed by atoms with Crippen molar-refractivity contribution in [2.45, 2.75) is 38.1 Å². The molecule has 1 aromatic rings. The SMILES string of the molecule is C#CCN(CCC)S(=O)(=O)c1cnn(CCCNCC)c1. The maximum atomic E-state index is 12.5. The molecule has 0 radical (unpaired) electrons. The summed E-state index contributed by atoms with van der Waals surface area (Å²) in [5.41, 5.74) is 0. The van der Waals surface area contributed by atoms with E-state index in [0.29, 0.717) is 13.1 Å². The normalized spacial score (nSPS) is 11.7. The van der Waals surface area contributed by atoms with Crippen LogP contribution in [0, 0.1) is 12.3 Å². The molecule has 21 heavy (non-hydrogen) atoms. The average molecular weight is 312 g/mol. The highest BCUT2D eigenvalue weighted by Gasteiger charge is 2.24. The highest BCUT2D eigenvalue weighted by molar-refractivity contribution is 7.89. The standard InChI is InChI=1S/C14H24N4O2S/c1-4-9-18(10-5-2)21(19,20)14-12-16-17(13-14)11-7-8-15-6-3/h1,12-13,15H,5-11H2,2-3H3. The van der Waals surface area contributed by atoms with Gasteiger partial charge < -0.3 is 5.32 Å². The smallest absolute Gasteiger partial charge is 0.247 e. The number of nitrogens with one attached hydrogen (secondary N) is 1. The Morgan fingerprint density at radius 3 is 2.86 bits per heavy atom. The number of terminal acetylenes is 1. The van der Waals surface area contributed by atoms with Gasteiger partial charge in [-0.25, -0.2) is 8.42 Å². The Balaban J connectivity index is 2.75. The lowest BCUT2D eigenvalue weighted by molar-refractivity contribution is 0.445. The van der Waals surface area contributed by atoms with Gasteiger partial charge in [-0.2, -0.15) is 9.40 Å². The van der Waals surface area contributed by atoms with E-state index in [2.05, 4.69) is 16.3 Å². The first kappa shape index (κ1) is 17.7. The Kier molecular flexibility index (Phi) is 7.43. The van der Waals surface area contributed by atoms with Gasteiger partial charge in [0.15, 0.2) is 0 Å². The Bertz CT molecular complexity index is 560. The predicted molar refractivity (Wildman–Crippen MR) is 83.3 cm³/mol. The molecule has 1 heterocycles. The van der Waals surface area contributed by atoms with Crippen molar-refractivity contribution in [2.75, 3.05) is 26.2 Å². The molecule has 1 N–H and O–H groups in total. The summed E-state index contributed by atoms with van der Waals surface area (Å²) in [7, 11) is -3.55. The second-order valence-corrected chi connectivity index (χ2v) is 6.63. The molecule has 0 unspecified atom stereocenters. The molecule has 0 spiro atoms. The van der Waals surface area contributed by atoms with Crippen molar-refractivity contribution in [1.29, 1.82) is 0 Å². The maximum absolute atomic E-state index is 12.5. The van der Waals surface area contributed by atoms with Crippen molar-refractivity contribution in [3.63, 3.8) is 0 Å². The lowest BCUT2D eigenvalue weighted by Gasteiger charge is -2.17. The zero-order chi connectivity index (χ0) is 15.7. The first-order chi connectivity index (χ1) is 10.1. The number of sulfonamides is 1. The number of hydrogen-bond acceptors (Lipinski definition) is 4. The summed E-state index contributed by atoms with van der Waals surface area (Å²) >= 11 is 0. The van der Waals surface area contributed by atoms with Gasteiger partial charge in [-0.15, -0.1) is 6.42 Å². The second kappa shape index (κ2) is 8.82. The van der Waals surface area contributed by atoms with E-state index in [1.165, 1.54) is 10.5 Å². The summed E-state index contributed by atoms with van der Waals surface area (Å²) in [5.74, 6) is 2.39. The van der Waals surface area contributed by atoms with Crippen LogP contribution in [0.4, 0.5) is 0 Å². The molecule has 0 fully saturated rings. The van der Waals surface area contributed by atoms with Crippen molar-refractivity contribution in [1.82, 2.24) is 19.4 Å². The summed E-state index contributed by atoms with van der Waals surface area (Å²) in [6.45, 7) is 6.97. The van der Waals surface area contributed by atoms with Gasteiger partial charge in [0.05, 0.1) is 12.7 Å². The summed E-state index contributed by atoms with van der Waals surface area (Å²) in [5, 5.41) is 7.33. The number of hydrogen-bond donors (Lipinski definition) is 1. The van der Waals surface area contributed by atoms with E-state index in [4.69, 9.17) is 6.42 Å². The Morgan fingerprint density at radius 1 is 1.48 bits per heavy atom. The fourth-order valence-corrected chi connectivity index (χ4v) is 3.33. The number of aryl methyl sites for hydroxylation is 1. The van der Waals surface area contributed by atoms with E-state index in [-0.39, 0.29) is 11.4 Å². The van der Waals surface area contributed by atoms with Crippen LogP contribution in [-0.2, 0) is 16.6 Å². The van der Waals surface area contributed by atoms with Crippen LogP contribution in [0.3, 0.4) is 0 Å². The summed E-state index contributed by atoms with van der Waals surface area (Å²) in [6.07, 6.45) is 9.83. The largest absolute Gasteiger partial charge is 0.317 e. The predicted octanol–water partition coefficient (Wildman–Crippen LogP) is 0.917. The van der Waals surface area contributed by atoms with E-state index < -0.39 is 10.0 Å². The van der Waals surface area contributed by atoms with Crippen LogP contribution in [-0.4, -0.2) is 48.7 Å². The maximum Gasteiger partial charge on any atom is 0.247 e. The zero-order valence-corrected chi connectivity index (χ0v) is 13.6. The molecule has 118 valence electrons. The van der Waals surface area contributed by atoms with Crippen LogP contribution in [0.25, 0.3) is 0 Å². The molecule has 1 aromatic heterocycles. The van der Waals surface area contributed by atoms with Crippen LogP contribution in [0.15, 0.2) is 17.3 Å². The van der Waals surface area contributed by atoms with Gasteiger partial charge in [0.25, 0.3) is 0 Å². The van der Waals surface area contributed by atoms with Gasteiger partial charge in [-0.05, 0) is 25.9 Å². The quantitative estimate of drug-likeness (QED) is 0.515. The number of rotatable bonds is 10. The number of aromatic nitrogens is 2. The molecule has 0 amide bonds. The van der Waals surface area contributed by atoms with E-state index in [1.54, 1.807) is 10.9 Å². The van der Waals surface area contributed by atoms with Crippen molar-refractivity contribution in [3.05, 3.63) is 12.4 Å². The molecule has 0 aromatic carbocycles. The number of nitrogens with zero attached hydrogens (tertiary/aromatic N) is 3. The van der Waals surface area contributed by atoms with Crippen LogP contribution in [0.1, 0.15) is 26.7 Å². The van der Waals surface area contributed by atoms with Gasteiger partial charge in [-0.3, -0.25) is 4.68 Å². The van der Waals surface area contributed by atoms with E-state index in [0.717, 1.165) is 25.9 Å². The van der Waals surface area contributed by atoms with Crippen molar-refractivity contribution in [3.8, 4) is 12.3 Å². The fourth-order valence-electron chi connectivity index (χ4n) is 1.93. The van der Waals surface area contributed by atoms with E-state index >= 15 is 0 Å². The minimum absolute atomic E-state index is 0.0851. The summed E-state index contributed by atoms with van der Waals surface area (Å²) < 4.78 is 27.9. The third-order valence-corrected chi connectivity index (χ3v) is 4.78. The highest BCUT2D eigenvalue weighted by Crippen LogP contribution is 2.15. The zero-order valence-electron chi connectivity index (χ0n) is 12.7. The average Bonchev–Trinajstić information content (AvgIpc) is 2.93. The van der Waals surface area contributed by atoms with Crippen LogP contribution in [0.2, 0.25) is 0 Å². The molecule has 6 nitrogen and oxygen atoms in total. The van der Waals surface area contributed by atoms with Gasteiger partial charge in [-0.1, -0.05) is 19.8 Å². The molecule has 0 saturated heterocycles. The molecule has 0 saturated carbocycles. The van der Waals surface area contributed by atoms with Crippen molar-refractivity contribution < 1.29 is 8.42 Å². The molecular weight excluding hydrogens is 288 g/mol. The molecule has 0 atom stereocenters. The topological polar surface area (TPSA) is 67.2 Å². The minimum atomic E-state index is -3.55. The second-order valence-electron chi connectivity index (χ2n) is 4.69. The highest BCUT2D eigenvalue weighted by atomic mass is 32.2. The Hall–Kier alpha value is -1.36. The van der Waals surface area contributed by atoms with Crippen molar-refractivity contribution in [2.24, 2.45) is 0 Å². The summed E-state index contributed by atoms with van der Waals surface area (Å²) in [4.78, 5) is 0.203. The molecule has 7 heteroatoms. The molecule has 0 aliphatic carbocycles. The van der Waals surface area contributed by atoms with Gasteiger partial charge >= 0.3 is 0 Å². The summed E-state index contributed by atoms with van der Waals surface area (Å²) in [6, 6.07) is 0. The van der Waals surface area contributed by atoms with Crippen molar-refractivity contribution >= 4 is 10.0 Å². The van der Waals surface area contributed by atoms with E-state index in [9.17, 15) is 8.42 Å². The Morgan fingerprint density at radius 2 is 2.24 bits per heavy atom. The third kappa shape index (κ3) is 5.16. The third-order valence-electron chi connectivity index (χ3n) is 2.98. The first-order valence-corrected chi connectivity index (χ1v) is 8.67. The molecular formula is C14H24N4O2S. The van der Waals surface area contributed by atoms with Gasteiger partial charge in [0.2, 0.25) is 10.0 Å². The van der Waals surface area contributed by atoms with Crippen LogP contribution >= 0.6 is 0 Å². The minimum Gasteiger partial charge on any atom is -0.317 e. The molecule has 0 bridgehead atoms. The van der Waals surface area contributed by atoms with Gasteiger partial charge in [0.1, 0.15) is 4.90 Å². The molecule has 0 aliphatic rings. The van der Waals surface area contributed by atoms with Crippen LogP contribution < -0.4 is 5.32 Å². The first-order valence-electron chi connectivity index (χ1n) is 7.23. The van der Waals surface area contributed by atoms with Crippen LogP contribution in [0.5, 0.6) is 0 Å². The molecule has 1 rings (SSSR count). The Labute approximate surface area is 127 Å². The monoisotopic (exact) mass is 312 g/mol. The lowest BCUT2D eigenvalue weighted by Crippen LogP contribution is -2.32. The lowest BCUT2D eigenvalue weighted by atomic mass is 10.4. The fraction of sp³-hybridized carbons (Fsp3) is 0.643. The molecule has 0 aliphatic heterocycles. The van der Waals surface area contributed by atoms with E-state index in [1.807, 2.05) is 13.8 Å².